The molecular weight excluding hydrogens is 705 g/mol. The van der Waals surface area contributed by atoms with Gasteiger partial charge in [-0.15, -0.1) is 0 Å². The average Bonchev–Trinajstić information content (AvgIpc) is 3.75. The van der Waals surface area contributed by atoms with E-state index in [1.807, 2.05) is 24.3 Å². The minimum absolute atomic E-state index is 0.494. The van der Waals surface area contributed by atoms with Crippen molar-refractivity contribution in [3.63, 3.8) is 0 Å². The number of para-hydroxylation sites is 2. The van der Waals surface area contributed by atoms with Crippen molar-refractivity contribution >= 4 is 49.3 Å². The van der Waals surface area contributed by atoms with Gasteiger partial charge in [-0.3, -0.25) is 0 Å². The second-order valence-corrected chi connectivity index (χ2v) is 15.5. The van der Waals surface area contributed by atoms with Crippen molar-refractivity contribution in [2.75, 3.05) is 0 Å². The third-order valence-corrected chi connectivity index (χ3v) is 11.8. The molecule has 10 aromatic rings. The summed E-state index contributed by atoms with van der Waals surface area (Å²) >= 11 is 0. The molecule has 2 heterocycles. The molecule has 0 N–H and O–H groups in total. The van der Waals surface area contributed by atoms with E-state index in [2.05, 4.69) is 181 Å². The zero-order valence-corrected chi connectivity index (χ0v) is 32.8. The molecule has 0 atom stereocenters. The molecule has 274 valence electrons. The summed E-state index contributed by atoms with van der Waals surface area (Å²) in [5.41, 5.74) is 18.3. The Morgan fingerprint density at radius 2 is 0.914 bits per heavy atom. The number of aromatic nitrogens is 2. The highest BCUT2D eigenvalue weighted by molar-refractivity contribution is 6.11. The van der Waals surface area contributed by atoms with Crippen molar-refractivity contribution in [3.05, 3.63) is 197 Å². The lowest BCUT2D eigenvalue weighted by atomic mass is 9.97. The van der Waals surface area contributed by atoms with E-state index in [1.54, 1.807) is 0 Å². The van der Waals surface area contributed by atoms with Gasteiger partial charge in [0.25, 0.3) is 0 Å². The predicted octanol–water partition coefficient (Wildman–Crippen LogP) is 14.5. The minimum atomic E-state index is 0.494. The Morgan fingerprint density at radius 1 is 0.448 bits per heavy atom. The SMILES string of the molecule is [C-]#[N+]c1cc(-n2c3ccccc3c3ccc(-c4ccc(C)cc4C)cc32)ccc1-c1ccc(-n2c3ccccc3c3ccc(-c4ccc(C)cc4C)cc32)cc1C#N. The Morgan fingerprint density at radius 3 is 1.41 bits per heavy atom. The summed E-state index contributed by atoms with van der Waals surface area (Å²) in [5, 5.41) is 15.3. The smallest absolute Gasteiger partial charge is 0.197 e. The molecule has 0 saturated carbocycles. The van der Waals surface area contributed by atoms with Gasteiger partial charge in [0.05, 0.1) is 40.3 Å². The highest BCUT2D eigenvalue weighted by Crippen LogP contribution is 2.41. The van der Waals surface area contributed by atoms with E-state index in [0.717, 1.165) is 77.2 Å². The first-order valence-corrected chi connectivity index (χ1v) is 19.6. The summed E-state index contributed by atoms with van der Waals surface area (Å²) in [6.07, 6.45) is 0. The van der Waals surface area contributed by atoms with Gasteiger partial charge >= 0.3 is 0 Å². The Balaban J connectivity index is 1.11. The van der Waals surface area contributed by atoms with Crippen LogP contribution in [0.15, 0.2) is 158 Å². The Bertz CT molecular complexity index is 3190. The van der Waals surface area contributed by atoms with Crippen molar-refractivity contribution in [2.24, 2.45) is 0 Å². The van der Waals surface area contributed by atoms with Gasteiger partial charge in [-0.25, -0.2) is 4.85 Å². The average molecular weight is 743 g/mol. The van der Waals surface area contributed by atoms with Gasteiger partial charge in [0.1, 0.15) is 0 Å². The summed E-state index contributed by atoms with van der Waals surface area (Å²) in [5.74, 6) is 0. The molecule has 0 spiro atoms. The molecule has 8 aromatic carbocycles. The van der Waals surface area contributed by atoms with Crippen molar-refractivity contribution in [1.82, 2.24) is 9.13 Å². The summed E-state index contributed by atoms with van der Waals surface area (Å²) in [7, 11) is 0. The minimum Gasteiger partial charge on any atom is -0.310 e. The van der Waals surface area contributed by atoms with Crippen LogP contribution in [0.5, 0.6) is 0 Å². The molecule has 0 aliphatic rings. The molecule has 58 heavy (non-hydrogen) atoms. The van der Waals surface area contributed by atoms with Gasteiger partial charge in [0.15, 0.2) is 5.69 Å². The van der Waals surface area contributed by atoms with E-state index in [1.165, 1.54) is 33.4 Å². The quantitative estimate of drug-likeness (QED) is 0.162. The first kappa shape index (κ1) is 34.8. The number of nitrogens with zero attached hydrogens (tertiary/aromatic N) is 4. The number of rotatable bonds is 5. The van der Waals surface area contributed by atoms with Crippen molar-refractivity contribution in [2.45, 2.75) is 27.7 Å². The molecule has 0 aliphatic heterocycles. The zero-order valence-electron chi connectivity index (χ0n) is 32.8. The maximum absolute atomic E-state index is 10.7. The van der Waals surface area contributed by atoms with Crippen LogP contribution in [-0.2, 0) is 0 Å². The van der Waals surface area contributed by atoms with Crippen molar-refractivity contribution in [3.8, 4) is 50.8 Å². The molecule has 0 amide bonds. The maximum atomic E-state index is 10.7. The fraction of sp³-hybridized carbons (Fsp3) is 0.0741. The van der Waals surface area contributed by atoms with Crippen LogP contribution < -0.4 is 0 Å². The van der Waals surface area contributed by atoms with E-state index < -0.39 is 0 Å². The lowest BCUT2D eigenvalue weighted by Gasteiger charge is -2.15. The number of hydrogen-bond donors (Lipinski definition) is 0. The lowest BCUT2D eigenvalue weighted by Crippen LogP contribution is -1.97. The first-order valence-electron chi connectivity index (χ1n) is 19.6. The summed E-state index contributed by atoms with van der Waals surface area (Å²) in [4.78, 5) is 4.07. The molecule has 0 aliphatic carbocycles. The van der Waals surface area contributed by atoms with E-state index in [-0.39, 0.29) is 0 Å². The van der Waals surface area contributed by atoms with Gasteiger partial charge in [-0.05, 0) is 121 Å². The van der Waals surface area contributed by atoms with Gasteiger partial charge < -0.3 is 9.13 Å². The first-order chi connectivity index (χ1) is 28.3. The molecular formula is C54H38N4. The number of benzene rings is 8. The van der Waals surface area contributed by atoms with Gasteiger partial charge in [0.2, 0.25) is 0 Å². The molecule has 0 bridgehead atoms. The van der Waals surface area contributed by atoms with Gasteiger partial charge in [0, 0.05) is 32.9 Å². The summed E-state index contributed by atoms with van der Waals surface area (Å²) in [6.45, 7) is 17.0. The van der Waals surface area contributed by atoms with Crippen LogP contribution in [0.1, 0.15) is 27.8 Å². The molecule has 10 rings (SSSR count). The van der Waals surface area contributed by atoms with E-state index in [9.17, 15) is 5.26 Å². The highest BCUT2D eigenvalue weighted by atomic mass is 15.0. The zero-order chi connectivity index (χ0) is 39.7. The molecule has 0 unspecified atom stereocenters. The number of aryl methyl sites for hydroxylation is 4. The second kappa shape index (κ2) is 13.5. The molecule has 0 saturated heterocycles. The van der Waals surface area contributed by atoms with Crippen LogP contribution in [0.2, 0.25) is 0 Å². The van der Waals surface area contributed by atoms with Gasteiger partial charge in [-0.1, -0.05) is 120 Å². The largest absolute Gasteiger partial charge is 0.310 e. The van der Waals surface area contributed by atoms with Crippen LogP contribution in [0.3, 0.4) is 0 Å². The van der Waals surface area contributed by atoms with Gasteiger partial charge in [-0.2, -0.15) is 5.26 Å². The molecule has 4 nitrogen and oxygen atoms in total. The summed E-state index contributed by atoms with van der Waals surface area (Å²) in [6, 6.07) is 58.0. The molecule has 2 aromatic heterocycles. The van der Waals surface area contributed by atoms with Crippen LogP contribution in [-0.4, -0.2) is 9.13 Å². The fourth-order valence-electron chi connectivity index (χ4n) is 9.09. The van der Waals surface area contributed by atoms with Crippen LogP contribution >= 0.6 is 0 Å². The highest BCUT2D eigenvalue weighted by Gasteiger charge is 2.19. The standard InChI is InChI=1S/C54H38N4/c1-33-14-20-42(35(3)26-33)37-16-22-48-46-10-6-8-12-51(46)57(53(48)29-37)40-18-24-44(39(28-40)32-55)45-25-19-41(31-50(45)56-5)58-52-13-9-7-11-47(52)49-23-17-38(30-54(49)58)43-21-15-34(2)27-36(43)4/h6-31H,1-4H3. The molecule has 0 fully saturated rings. The van der Waals surface area contributed by atoms with Crippen LogP contribution in [0.4, 0.5) is 5.69 Å². The van der Waals surface area contributed by atoms with Crippen LogP contribution in [0.25, 0.3) is 93.2 Å². The second-order valence-electron chi connectivity index (χ2n) is 15.5. The lowest BCUT2D eigenvalue weighted by molar-refractivity contribution is 1.17. The summed E-state index contributed by atoms with van der Waals surface area (Å²) < 4.78 is 4.52. The Hall–Kier alpha value is -7.66. The normalized spacial score (nSPS) is 11.4. The molecule has 0 radical (unpaired) electrons. The number of hydrogen-bond acceptors (Lipinski definition) is 1. The van der Waals surface area contributed by atoms with Crippen molar-refractivity contribution < 1.29 is 0 Å². The monoisotopic (exact) mass is 742 g/mol. The third kappa shape index (κ3) is 5.50. The van der Waals surface area contributed by atoms with Crippen LogP contribution in [0, 0.1) is 45.6 Å². The molecule has 4 heteroatoms. The van der Waals surface area contributed by atoms with E-state index in [0.29, 0.717) is 11.3 Å². The number of fused-ring (bicyclic) bond motifs is 6. The predicted molar refractivity (Wildman–Crippen MR) is 241 cm³/mol. The van der Waals surface area contributed by atoms with E-state index >= 15 is 0 Å². The maximum Gasteiger partial charge on any atom is 0.197 e. The Kier molecular flexibility index (Phi) is 8.11. The topological polar surface area (TPSA) is 38.0 Å². The number of nitriles is 1. The van der Waals surface area contributed by atoms with E-state index in [4.69, 9.17) is 6.57 Å². The van der Waals surface area contributed by atoms with Crippen molar-refractivity contribution in [1.29, 1.82) is 5.26 Å². The fourth-order valence-corrected chi connectivity index (χ4v) is 9.09. The Labute approximate surface area is 337 Å². The third-order valence-electron chi connectivity index (χ3n) is 11.8.